The van der Waals surface area contributed by atoms with Crippen LogP contribution in [0.3, 0.4) is 0 Å². The molecule has 0 saturated carbocycles. The van der Waals surface area contributed by atoms with Gasteiger partial charge in [-0.3, -0.25) is 4.79 Å². The minimum atomic E-state index is -0.337. The maximum atomic E-state index is 13.3. The predicted octanol–water partition coefficient (Wildman–Crippen LogP) is 4.65. The molecule has 0 spiro atoms. The number of cyclic esters (lactones) is 1. The summed E-state index contributed by atoms with van der Waals surface area (Å²) in [6, 6.07) is 27.3. The lowest BCUT2D eigenvalue weighted by molar-refractivity contribution is 0.0252. The number of amides is 1. The smallest absolute Gasteiger partial charge is 0.339 e. The zero-order chi connectivity index (χ0) is 23.8. The molecule has 6 heteroatoms. The van der Waals surface area contributed by atoms with E-state index in [0.717, 1.165) is 40.9 Å². The van der Waals surface area contributed by atoms with E-state index in [1.54, 1.807) is 12.1 Å². The average Bonchev–Trinajstić information content (AvgIpc) is 2.92. The SMILES string of the molecule is O=C1OC(c2ccccc2)Cc2cc(C(=O)N3CCN(c4ccc5ccccc5n4)CC3)ccc21. The van der Waals surface area contributed by atoms with E-state index in [1.807, 2.05) is 65.6 Å². The molecule has 0 N–H and O–H groups in total. The summed E-state index contributed by atoms with van der Waals surface area (Å²) in [5.74, 6) is 0.597. The van der Waals surface area contributed by atoms with E-state index in [0.29, 0.717) is 30.6 Å². The van der Waals surface area contributed by atoms with Crippen molar-refractivity contribution < 1.29 is 14.3 Å². The van der Waals surface area contributed by atoms with Crippen LogP contribution >= 0.6 is 0 Å². The first-order valence-corrected chi connectivity index (χ1v) is 11.9. The molecule has 6 rings (SSSR count). The van der Waals surface area contributed by atoms with Crippen LogP contribution in [0.5, 0.6) is 0 Å². The Bertz CT molecular complexity index is 1410. The van der Waals surface area contributed by atoms with Crippen molar-refractivity contribution in [1.82, 2.24) is 9.88 Å². The molecule has 1 saturated heterocycles. The van der Waals surface area contributed by atoms with E-state index in [1.165, 1.54) is 0 Å². The highest BCUT2D eigenvalue weighted by Gasteiger charge is 2.29. The molecule has 3 heterocycles. The van der Waals surface area contributed by atoms with Crippen LogP contribution in [0.4, 0.5) is 5.82 Å². The highest BCUT2D eigenvalue weighted by Crippen LogP contribution is 2.31. The second-order valence-electron chi connectivity index (χ2n) is 9.02. The maximum absolute atomic E-state index is 13.3. The van der Waals surface area contributed by atoms with Crippen LogP contribution in [0.2, 0.25) is 0 Å². The Kier molecular flexibility index (Phi) is 5.41. The van der Waals surface area contributed by atoms with Crippen molar-refractivity contribution in [3.05, 3.63) is 107 Å². The van der Waals surface area contributed by atoms with Crippen LogP contribution in [0.1, 0.15) is 37.9 Å². The van der Waals surface area contributed by atoms with Crippen molar-refractivity contribution in [2.45, 2.75) is 12.5 Å². The highest BCUT2D eigenvalue weighted by molar-refractivity contribution is 5.98. The molecule has 2 aliphatic heterocycles. The van der Waals surface area contributed by atoms with E-state index in [9.17, 15) is 9.59 Å². The highest BCUT2D eigenvalue weighted by atomic mass is 16.5. The molecule has 35 heavy (non-hydrogen) atoms. The largest absolute Gasteiger partial charge is 0.454 e. The fourth-order valence-electron chi connectivity index (χ4n) is 4.94. The number of anilines is 1. The van der Waals surface area contributed by atoms with Crippen LogP contribution in [0, 0.1) is 0 Å². The molecule has 1 amide bonds. The van der Waals surface area contributed by atoms with Gasteiger partial charge in [0.25, 0.3) is 5.91 Å². The lowest BCUT2D eigenvalue weighted by atomic mass is 9.93. The molecular weight excluding hydrogens is 438 g/mol. The summed E-state index contributed by atoms with van der Waals surface area (Å²) < 4.78 is 5.65. The van der Waals surface area contributed by atoms with Crippen LogP contribution in [-0.2, 0) is 11.2 Å². The minimum Gasteiger partial charge on any atom is -0.454 e. The van der Waals surface area contributed by atoms with Gasteiger partial charge in [-0.15, -0.1) is 0 Å². The Hall–Kier alpha value is -4.19. The molecule has 0 radical (unpaired) electrons. The van der Waals surface area contributed by atoms with E-state index < -0.39 is 0 Å². The summed E-state index contributed by atoms with van der Waals surface area (Å²) in [5.41, 5.74) is 3.95. The number of fused-ring (bicyclic) bond motifs is 2. The Balaban J connectivity index is 1.16. The molecule has 2 aliphatic rings. The summed E-state index contributed by atoms with van der Waals surface area (Å²) in [6.07, 6.45) is 0.229. The van der Waals surface area contributed by atoms with Crippen LogP contribution in [0.15, 0.2) is 84.9 Å². The first kappa shape index (κ1) is 21.4. The molecule has 6 nitrogen and oxygen atoms in total. The lowest BCUT2D eigenvalue weighted by Crippen LogP contribution is -2.49. The van der Waals surface area contributed by atoms with Gasteiger partial charge in [-0.1, -0.05) is 48.5 Å². The second-order valence-corrected chi connectivity index (χ2v) is 9.02. The van der Waals surface area contributed by atoms with Gasteiger partial charge in [-0.25, -0.2) is 9.78 Å². The standard InChI is InChI=1S/C29H25N3O3/c33-28(32-16-14-31(15-17-32)27-13-11-20-6-4-5-9-25(20)30-27)22-10-12-24-23(18-22)19-26(35-29(24)34)21-7-2-1-3-8-21/h1-13,18,26H,14-17,19H2. The van der Waals surface area contributed by atoms with Crippen molar-refractivity contribution in [2.24, 2.45) is 0 Å². The zero-order valence-corrected chi connectivity index (χ0v) is 19.3. The fraction of sp³-hybridized carbons (Fsp3) is 0.207. The molecule has 4 aromatic rings. The molecule has 0 bridgehead atoms. The molecule has 1 unspecified atom stereocenters. The molecule has 1 aromatic heterocycles. The van der Waals surface area contributed by atoms with Gasteiger partial charge >= 0.3 is 5.97 Å². The number of benzene rings is 3. The number of hydrogen-bond donors (Lipinski definition) is 0. The third-order valence-electron chi connectivity index (χ3n) is 6.87. The number of nitrogens with zero attached hydrogens (tertiary/aromatic N) is 3. The van der Waals surface area contributed by atoms with Crippen molar-refractivity contribution >= 4 is 28.6 Å². The van der Waals surface area contributed by atoms with Gasteiger partial charge < -0.3 is 14.5 Å². The van der Waals surface area contributed by atoms with Crippen molar-refractivity contribution in [3.8, 4) is 0 Å². The van der Waals surface area contributed by atoms with Crippen molar-refractivity contribution in [1.29, 1.82) is 0 Å². The number of carbonyl (C=O) groups is 2. The monoisotopic (exact) mass is 463 g/mol. The third kappa shape index (κ3) is 4.12. The van der Waals surface area contributed by atoms with Gasteiger partial charge in [0.05, 0.1) is 11.1 Å². The summed E-state index contributed by atoms with van der Waals surface area (Å²) in [5, 5.41) is 1.12. The number of aromatic nitrogens is 1. The fourth-order valence-corrected chi connectivity index (χ4v) is 4.94. The summed E-state index contributed by atoms with van der Waals surface area (Å²) >= 11 is 0. The number of esters is 1. The quantitative estimate of drug-likeness (QED) is 0.414. The average molecular weight is 464 g/mol. The number of pyridine rings is 1. The zero-order valence-electron chi connectivity index (χ0n) is 19.3. The van der Waals surface area contributed by atoms with E-state index in [-0.39, 0.29) is 18.0 Å². The number of rotatable bonds is 3. The van der Waals surface area contributed by atoms with Gasteiger partial charge in [-0.05, 0) is 47.5 Å². The Morgan fingerprint density at radius 3 is 2.46 bits per heavy atom. The van der Waals surface area contributed by atoms with Crippen molar-refractivity contribution in [3.63, 3.8) is 0 Å². The predicted molar refractivity (Wildman–Crippen MR) is 135 cm³/mol. The molecule has 1 fully saturated rings. The van der Waals surface area contributed by atoms with Crippen LogP contribution in [0.25, 0.3) is 10.9 Å². The topological polar surface area (TPSA) is 62.7 Å². The number of hydrogen-bond acceptors (Lipinski definition) is 5. The van der Waals surface area contributed by atoms with Gasteiger partial charge in [-0.2, -0.15) is 0 Å². The Morgan fingerprint density at radius 2 is 1.63 bits per heavy atom. The first-order valence-electron chi connectivity index (χ1n) is 11.9. The number of para-hydroxylation sites is 1. The first-order chi connectivity index (χ1) is 17.2. The summed E-state index contributed by atoms with van der Waals surface area (Å²) in [7, 11) is 0. The number of carbonyl (C=O) groups excluding carboxylic acids is 2. The maximum Gasteiger partial charge on any atom is 0.339 e. The Labute approximate surface area is 203 Å². The summed E-state index contributed by atoms with van der Waals surface area (Å²) in [6.45, 7) is 2.70. The Morgan fingerprint density at radius 1 is 0.857 bits per heavy atom. The molecule has 0 aliphatic carbocycles. The number of piperazine rings is 1. The lowest BCUT2D eigenvalue weighted by Gasteiger charge is -2.35. The van der Waals surface area contributed by atoms with Crippen molar-refractivity contribution in [2.75, 3.05) is 31.1 Å². The van der Waals surface area contributed by atoms with E-state index >= 15 is 0 Å². The van der Waals surface area contributed by atoms with Gasteiger partial charge in [0.2, 0.25) is 0 Å². The minimum absolute atomic E-state index is 0.00544. The summed E-state index contributed by atoms with van der Waals surface area (Å²) in [4.78, 5) is 34.8. The molecule has 3 aromatic carbocycles. The normalized spacial score (nSPS) is 17.7. The molecule has 174 valence electrons. The van der Waals surface area contributed by atoms with Crippen LogP contribution < -0.4 is 4.90 Å². The molecule has 1 atom stereocenters. The van der Waals surface area contributed by atoms with Crippen LogP contribution in [-0.4, -0.2) is 47.9 Å². The van der Waals surface area contributed by atoms with Gasteiger partial charge in [0, 0.05) is 43.5 Å². The van der Waals surface area contributed by atoms with E-state index in [4.69, 9.17) is 9.72 Å². The van der Waals surface area contributed by atoms with Gasteiger partial charge in [0.1, 0.15) is 11.9 Å². The number of ether oxygens (including phenoxy) is 1. The van der Waals surface area contributed by atoms with Gasteiger partial charge in [0.15, 0.2) is 0 Å². The second kappa shape index (κ2) is 8.87. The molecular formula is C29H25N3O3. The third-order valence-corrected chi connectivity index (χ3v) is 6.87. The van der Waals surface area contributed by atoms with E-state index in [2.05, 4.69) is 17.0 Å².